The average molecular weight is 455 g/mol. The Balaban J connectivity index is 1.76. The quantitative estimate of drug-likeness (QED) is 0.240. The van der Waals surface area contributed by atoms with Crippen LogP contribution in [0.2, 0.25) is 5.02 Å². The van der Waals surface area contributed by atoms with Gasteiger partial charge in [0.15, 0.2) is 0 Å². The number of hydrogen-bond acceptors (Lipinski definition) is 6. The van der Waals surface area contributed by atoms with Crippen LogP contribution in [-0.2, 0) is 4.79 Å². The van der Waals surface area contributed by atoms with Gasteiger partial charge in [0.2, 0.25) is 0 Å². The number of hydrogen-bond donors (Lipinski definition) is 2. The maximum Gasteiger partial charge on any atom is 0.288 e. The third-order valence-electron chi connectivity index (χ3n) is 3.91. The normalized spacial score (nSPS) is 11.3. The highest BCUT2D eigenvalue weighted by Crippen LogP contribution is 2.24. The van der Waals surface area contributed by atoms with Gasteiger partial charge in [-0.05, 0) is 35.7 Å². The first-order chi connectivity index (χ1) is 14.9. The summed E-state index contributed by atoms with van der Waals surface area (Å²) in [6.45, 7) is 0. The number of amides is 2. The highest BCUT2D eigenvalue weighted by Gasteiger charge is 2.15. The highest BCUT2D eigenvalue weighted by atomic mass is 35.5. The molecule has 10 heteroatoms. The zero-order valence-corrected chi connectivity index (χ0v) is 17.4. The minimum absolute atomic E-state index is 0.00372. The van der Waals surface area contributed by atoms with Crippen molar-refractivity contribution in [2.45, 2.75) is 0 Å². The molecule has 2 N–H and O–H groups in total. The fourth-order valence-corrected chi connectivity index (χ4v) is 3.28. The number of nitrogens with zero attached hydrogens (tertiary/aromatic N) is 2. The number of halogens is 1. The molecule has 31 heavy (non-hydrogen) atoms. The molecule has 0 unspecified atom stereocenters. The predicted octanol–water partition coefficient (Wildman–Crippen LogP) is 4.23. The molecule has 3 rings (SSSR count). The van der Waals surface area contributed by atoms with E-state index in [-0.39, 0.29) is 16.4 Å². The topological polar surface area (TPSA) is 114 Å². The van der Waals surface area contributed by atoms with E-state index in [2.05, 4.69) is 15.8 Å². The van der Waals surface area contributed by atoms with Crippen LogP contribution in [0.1, 0.15) is 20.8 Å². The van der Waals surface area contributed by atoms with Crippen molar-refractivity contribution < 1.29 is 14.5 Å². The summed E-state index contributed by atoms with van der Waals surface area (Å²) in [5.41, 5.74) is 2.80. The second-order valence-electron chi connectivity index (χ2n) is 6.06. The number of hydrazone groups is 1. The Labute approximate surface area is 186 Å². The first-order valence-corrected chi connectivity index (χ1v) is 10.1. The van der Waals surface area contributed by atoms with Crippen molar-refractivity contribution in [1.29, 1.82) is 0 Å². The number of benzene rings is 2. The molecule has 0 aliphatic rings. The number of carbonyl (C=O) groups excluding carboxylic acids is 2. The van der Waals surface area contributed by atoms with Crippen LogP contribution in [0.25, 0.3) is 6.08 Å². The van der Waals surface area contributed by atoms with Gasteiger partial charge >= 0.3 is 0 Å². The molecule has 0 saturated carbocycles. The van der Waals surface area contributed by atoms with Crippen molar-refractivity contribution in [3.63, 3.8) is 0 Å². The number of nitro groups is 1. The fraction of sp³-hybridized carbons (Fsp3) is 0. The molecule has 3 aromatic rings. The van der Waals surface area contributed by atoms with Gasteiger partial charge in [-0.15, -0.1) is 11.3 Å². The minimum atomic E-state index is -0.655. The summed E-state index contributed by atoms with van der Waals surface area (Å²) >= 11 is 7.18. The molecule has 0 bridgehead atoms. The van der Waals surface area contributed by atoms with Gasteiger partial charge in [0.1, 0.15) is 10.7 Å². The van der Waals surface area contributed by atoms with E-state index >= 15 is 0 Å². The lowest BCUT2D eigenvalue weighted by Crippen LogP contribution is -2.32. The Bertz CT molecular complexity index is 1160. The van der Waals surface area contributed by atoms with Crippen molar-refractivity contribution in [2.75, 3.05) is 0 Å². The summed E-state index contributed by atoms with van der Waals surface area (Å²) in [7, 11) is 0. The molecular weight excluding hydrogens is 440 g/mol. The summed E-state index contributed by atoms with van der Waals surface area (Å²) < 4.78 is 0. The van der Waals surface area contributed by atoms with Crippen LogP contribution in [0, 0.1) is 10.1 Å². The summed E-state index contributed by atoms with van der Waals surface area (Å²) in [5.74, 6) is -1.10. The van der Waals surface area contributed by atoms with E-state index in [9.17, 15) is 19.7 Å². The van der Waals surface area contributed by atoms with Crippen molar-refractivity contribution in [3.05, 3.63) is 103 Å². The van der Waals surface area contributed by atoms with Crippen molar-refractivity contribution >= 4 is 52.7 Å². The summed E-state index contributed by atoms with van der Waals surface area (Å²) in [6.07, 6.45) is 2.77. The molecular formula is C21H15ClN4O4S. The minimum Gasteiger partial charge on any atom is -0.317 e. The van der Waals surface area contributed by atoms with Crippen LogP contribution >= 0.6 is 22.9 Å². The number of nitro benzene ring substituents is 1. The number of rotatable bonds is 7. The van der Waals surface area contributed by atoms with Gasteiger partial charge < -0.3 is 5.32 Å². The zero-order valence-electron chi connectivity index (χ0n) is 15.8. The Morgan fingerprint density at radius 2 is 1.87 bits per heavy atom. The molecule has 0 spiro atoms. The molecule has 0 aliphatic carbocycles. The Kier molecular flexibility index (Phi) is 7.26. The van der Waals surface area contributed by atoms with E-state index in [4.69, 9.17) is 11.6 Å². The lowest BCUT2D eigenvalue weighted by molar-refractivity contribution is -0.384. The molecule has 0 saturated heterocycles. The Morgan fingerprint density at radius 1 is 1.10 bits per heavy atom. The van der Waals surface area contributed by atoms with Gasteiger partial charge in [0, 0.05) is 22.1 Å². The third-order valence-corrected chi connectivity index (χ3v) is 5.04. The molecule has 2 aromatic carbocycles. The maximum atomic E-state index is 12.6. The van der Waals surface area contributed by atoms with Gasteiger partial charge in [-0.1, -0.05) is 41.9 Å². The largest absolute Gasteiger partial charge is 0.317 e. The SMILES string of the molecule is O=C(N/N=C/c1ccc(Cl)c([N+](=O)[O-])c1)/C(=C\c1cccs1)NC(=O)c1ccccc1. The van der Waals surface area contributed by atoms with Crippen molar-refractivity contribution in [2.24, 2.45) is 5.10 Å². The first-order valence-electron chi connectivity index (χ1n) is 8.83. The number of carbonyl (C=O) groups is 2. The van der Waals surface area contributed by atoms with E-state index < -0.39 is 16.7 Å². The van der Waals surface area contributed by atoms with Crippen LogP contribution in [-0.4, -0.2) is 23.0 Å². The molecule has 1 heterocycles. The van der Waals surface area contributed by atoms with Crippen molar-refractivity contribution in [3.8, 4) is 0 Å². The zero-order chi connectivity index (χ0) is 22.2. The van der Waals surface area contributed by atoms with Crippen molar-refractivity contribution in [1.82, 2.24) is 10.7 Å². The van der Waals surface area contributed by atoms with Crippen LogP contribution in [0.5, 0.6) is 0 Å². The third kappa shape index (κ3) is 6.08. The Hall–Kier alpha value is -3.82. The first kappa shape index (κ1) is 21.9. The summed E-state index contributed by atoms with van der Waals surface area (Å²) in [6, 6.07) is 16.2. The second kappa shape index (κ2) is 10.3. The van der Waals surface area contributed by atoms with Crippen LogP contribution in [0.3, 0.4) is 0 Å². The second-order valence-corrected chi connectivity index (χ2v) is 7.45. The lowest BCUT2D eigenvalue weighted by Gasteiger charge is -2.08. The molecule has 1 aromatic heterocycles. The van der Waals surface area contributed by atoms with E-state index in [1.165, 1.54) is 41.8 Å². The van der Waals surface area contributed by atoms with Crippen LogP contribution < -0.4 is 10.7 Å². The van der Waals surface area contributed by atoms with E-state index in [0.717, 1.165) is 4.88 Å². The lowest BCUT2D eigenvalue weighted by atomic mass is 10.2. The monoisotopic (exact) mass is 454 g/mol. The predicted molar refractivity (Wildman–Crippen MR) is 120 cm³/mol. The summed E-state index contributed by atoms with van der Waals surface area (Å²) in [4.78, 5) is 36.2. The maximum absolute atomic E-state index is 12.6. The fourth-order valence-electron chi connectivity index (χ4n) is 2.43. The standard InChI is InChI=1S/C21H15ClN4O4S/c22-17-9-8-14(11-19(17)26(29)30)13-23-25-21(28)18(12-16-7-4-10-31-16)24-20(27)15-5-2-1-3-6-15/h1-13H,(H,24,27)(H,25,28)/b18-12+,23-13+. The van der Waals surface area contributed by atoms with Gasteiger partial charge in [-0.3, -0.25) is 19.7 Å². The summed E-state index contributed by atoms with van der Waals surface area (Å²) in [5, 5.41) is 19.2. The van der Waals surface area contributed by atoms with Gasteiger partial charge in [-0.25, -0.2) is 5.43 Å². The molecule has 0 atom stereocenters. The number of nitrogens with one attached hydrogen (secondary N) is 2. The van der Waals surface area contributed by atoms with Gasteiger partial charge in [-0.2, -0.15) is 5.10 Å². The van der Waals surface area contributed by atoms with E-state index in [0.29, 0.717) is 11.1 Å². The highest BCUT2D eigenvalue weighted by molar-refractivity contribution is 7.10. The molecule has 0 fully saturated rings. The molecule has 0 radical (unpaired) electrons. The molecule has 2 amide bonds. The molecule has 156 valence electrons. The van der Waals surface area contributed by atoms with Crippen LogP contribution in [0.4, 0.5) is 5.69 Å². The smallest absolute Gasteiger partial charge is 0.288 e. The van der Waals surface area contributed by atoms with Gasteiger partial charge in [0.05, 0.1) is 11.1 Å². The van der Waals surface area contributed by atoms with E-state index in [1.807, 2.05) is 11.4 Å². The molecule has 8 nitrogen and oxygen atoms in total. The average Bonchev–Trinajstić information content (AvgIpc) is 3.28. The van der Waals surface area contributed by atoms with E-state index in [1.54, 1.807) is 36.4 Å². The van der Waals surface area contributed by atoms with Crippen LogP contribution in [0.15, 0.2) is 76.8 Å². The van der Waals surface area contributed by atoms with Gasteiger partial charge in [0.25, 0.3) is 17.5 Å². The number of thiophene rings is 1. The molecule has 0 aliphatic heterocycles. The Morgan fingerprint density at radius 3 is 2.55 bits per heavy atom.